The van der Waals surface area contributed by atoms with Crippen LogP contribution in [0.4, 0.5) is 0 Å². The molecule has 1 unspecified atom stereocenters. The highest BCUT2D eigenvalue weighted by Gasteiger charge is 2.17. The van der Waals surface area contributed by atoms with E-state index < -0.39 is 0 Å². The van der Waals surface area contributed by atoms with Crippen molar-refractivity contribution in [3.63, 3.8) is 0 Å². The Hall–Kier alpha value is 0.840. The van der Waals surface area contributed by atoms with Crippen molar-refractivity contribution >= 4 is 75.1 Å². The van der Waals surface area contributed by atoms with Gasteiger partial charge in [-0.05, 0) is 52.7 Å². The molecule has 17 heavy (non-hydrogen) atoms. The van der Waals surface area contributed by atoms with Crippen molar-refractivity contribution in [2.75, 3.05) is 0 Å². The topological polar surface area (TPSA) is 0 Å². The van der Waals surface area contributed by atoms with Gasteiger partial charge in [-0.2, -0.15) is 0 Å². The van der Waals surface area contributed by atoms with Gasteiger partial charge < -0.3 is 0 Å². The fraction of sp³-hybridized carbons (Fsp3) is 0.167. The zero-order valence-electron chi connectivity index (χ0n) is 8.81. The molecule has 90 valence electrons. The molecule has 0 saturated heterocycles. The van der Waals surface area contributed by atoms with Crippen LogP contribution < -0.4 is 0 Å². The summed E-state index contributed by atoms with van der Waals surface area (Å²) in [4.78, 5) is 2.82. The Bertz CT molecular complexity index is 527. The fourth-order valence-corrected chi connectivity index (χ4v) is 5.86. The van der Waals surface area contributed by atoms with Crippen molar-refractivity contribution in [3.05, 3.63) is 53.0 Å². The molecule has 0 aliphatic heterocycles. The summed E-state index contributed by atoms with van der Waals surface area (Å²) in [5.74, 6) is 0. The van der Waals surface area contributed by atoms with Crippen LogP contribution in [0.1, 0.15) is 20.1 Å². The number of aryl methyl sites for hydroxylation is 1. The minimum Gasteiger partial charge on any atom is -0.143 e. The second kappa shape index (κ2) is 5.87. The molecule has 2 rings (SSSR count). The number of hydrogen-bond acceptors (Lipinski definition) is 1. The lowest BCUT2D eigenvalue weighted by Gasteiger charge is -2.10. The number of hydrogen-bond donors (Lipinski definition) is 0. The zero-order chi connectivity index (χ0) is 12.6. The first-order chi connectivity index (χ1) is 7.97. The average Bonchev–Trinajstić information content (AvgIpc) is 2.55. The standard InChI is InChI=1S/C12H8Br4S/c1-6-2-10(15)12(17-6)11(16)7-3-8(13)5-9(14)4-7/h2-5,11H,1H3. The third-order valence-electron chi connectivity index (χ3n) is 2.24. The fourth-order valence-electron chi connectivity index (χ4n) is 1.55. The highest BCUT2D eigenvalue weighted by atomic mass is 79.9. The lowest BCUT2D eigenvalue weighted by molar-refractivity contribution is 1.20. The molecule has 2 aromatic rings. The third kappa shape index (κ3) is 3.44. The molecule has 0 nitrogen and oxygen atoms in total. The Morgan fingerprint density at radius 3 is 2.06 bits per heavy atom. The minimum atomic E-state index is 0.212. The van der Waals surface area contributed by atoms with E-state index in [1.807, 2.05) is 6.07 Å². The van der Waals surface area contributed by atoms with Crippen LogP contribution in [0.2, 0.25) is 0 Å². The maximum Gasteiger partial charge on any atom is 0.0750 e. The predicted molar refractivity (Wildman–Crippen MR) is 89.4 cm³/mol. The van der Waals surface area contributed by atoms with Crippen LogP contribution >= 0.6 is 75.1 Å². The number of halogens is 4. The van der Waals surface area contributed by atoms with Crippen LogP contribution in [0, 0.1) is 6.92 Å². The van der Waals surface area contributed by atoms with Crippen molar-refractivity contribution in [2.45, 2.75) is 11.8 Å². The molecule has 0 amide bonds. The number of rotatable bonds is 2. The van der Waals surface area contributed by atoms with E-state index in [-0.39, 0.29) is 4.83 Å². The molecule has 0 spiro atoms. The lowest BCUT2D eigenvalue weighted by Crippen LogP contribution is -1.90. The summed E-state index contributed by atoms with van der Waals surface area (Å²) in [7, 11) is 0. The van der Waals surface area contributed by atoms with Crippen molar-refractivity contribution in [1.29, 1.82) is 0 Å². The van der Waals surface area contributed by atoms with Crippen LogP contribution in [0.15, 0.2) is 37.7 Å². The Labute approximate surface area is 138 Å². The van der Waals surface area contributed by atoms with Gasteiger partial charge in [-0.25, -0.2) is 0 Å². The second-order valence-corrected chi connectivity index (χ2v) is 8.52. The lowest BCUT2D eigenvalue weighted by atomic mass is 10.1. The molecule has 5 heteroatoms. The molecule has 0 saturated carbocycles. The molecular weight excluding hydrogens is 496 g/mol. The van der Waals surface area contributed by atoms with E-state index in [9.17, 15) is 0 Å². The number of benzene rings is 1. The van der Waals surface area contributed by atoms with Gasteiger partial charge in [0.2, 0.25) is 0 Å². The van der Waals surface area contributed by atoms with Gasteiger partial charge in [0.05, 0.1) is 4.83 Å². The van der Waals surface area contributed by atoms with Crippen LogP contribution in [-0.2, 0) is 0 Å². The van der Waals surface area contributed by atoms with E-state index in [0.29, 0.717) is 0 Å². The van der Waals surface area contributed by atoms with Crippen LogP contribution in [0.25, 0.3) is 0 Å². The van der Waals surface area contributed by atoms with E-state index in [0.717, 1.165) is 13.4 Å². The first-order valence-corrected chi connectivity index (χ1v) is 8.94. The van der Waals surface area contributed by atoms with E-state index >= 15 is 0 Å². The highest BCUT2D eigenvalue weighted by Crippen LogP contribution is 2.41. The molecule has 0 aliphatic rings. The van der Waals surface area contributed by atoms with Crippen molar-refractivity contribution in [3.8, 4) is 0 Å². The Kier molecular flexibility index (Phi) is 4.92. The molecule has 0 radical (unpaired) electrons. The molecule has 1 aromatic carbocycles. The van der Waals surface area contributed by atoms with Crippen molar-refractivity contribution < 1.29 is 0 Å². The molecule has 0 fully saturated rings. The summed E-state index contributed by atoms with van der Waals surface area (Å²) in [5.41, 5.74) is 1.23. The summed E-state index contributed by atoms with van der Waals surface area (Å²) in [6, 6.07) is 8.45. The summed E-state index contributed by atoms with van der Waals surface area (Å²) in [6.45, 7) is 2.12. The molecule has 1 atom stereocenters. The van der Waals surface area contributed by atoms with Gasteiger partial charge in [0.15, 0.2) is 0 Å². The normalized spacial score (nSPS) is 12.8. The van der Waals surface area contributed by atoms with Gasteiger partial charge in [-0.1, -0.05) is 47.8 Å². The van der Waals surface area contributed by atoms with Gasteiger partial charge in [0.25, 0.3) is 0 Å². The Morgan fingerprint density at radius 2 is 1.59 bits per heavy atom. The van der Waals surface area contributed by atoms with Crippen molar-refractivity contribution in [1.82, 2.24) is 0 Å². The average molecular weight is 504 g/mol. The van der Waals surface area contributed by atoms with Crippen LogP contribution in [-0.4, -0.2) is 0 Å². The number of thiophene rings is 1. The van der Waals surface area contributed by atoms with Crippen LogP contribution in [0.3, 0.4) is 0 Å². The summed E-state index contributed by atoms with van der Waals surface area (Å²) >= 11 is 16.2. The maximum absolute atomic E-state index is 3.77. The Morgan fingerprint density at radius 1 is 1.00 bits per heavy atom. The summed E-state index contributed by atoms with van der Waals surface area (Å²) < 4.78 is 3.32. The summed E-state index contributed by atoms with van der Waals surface area (Å²) in [5, 5.41) is 0. The van der Waals surface area contributed by atoms with E-state index in [1.54, 1.807) is 11.3 Å². The van der Waals surface area contributed by atoms with Gasteiger partial charge in [0.1, 0.15) is 0 Å². The quantitative estimate of drug-likeness (QED) is 0.394. The maximum atomic E-state index is 3.77. The van der Waals surface area contributed by atoms with Gasteiger partial charge >= 0.3 is 0 Å². The highest BCUT2D eigenvalue weighted by molar-refractivity contribution is 9.11. The molecule has 0 aliphatic carbocycles. The number of alkyl halides is 1. The molecule has 1 heterocycles. The van der Waals surface area contributed by atoms with Gasteiger partial charge in [-0.15, -0.1) is 11.3 Å². The van der Waals surface area contributed by atoms with Crippen molar-refractivity contribution in [2.24, 2.45) is 0 Å². The molecular formula is C12H8Br4S. The largest absolute Gasteiger partial charge is 0.143 e. The minimum absolute atomic E-state index is 0.212. The van der Waals surface area contributed by atoms with E-state index in [2.05, 4.69) is 88.8 Å². The Balaban J connectivity index is 2.43. The third-order valence-corrected chi connectivity index (χ3v) is 6.48. The van der Waals surface area contributed by atoms with Gasteiger partial charge in [-0.3, -0.25) is 0 Å². The first-order valence-electron chi connectivity index (χ1n) is 4.83. The molecule has 1 aromatic heterocycles. The van der Waals surface area contributed by atoms with E-state index in [4.69, 9.17) is 0 Å². The SMILES string of the molecule is Cc1cc(Br)c(C(Br)c2cc(Br)cc(Br)c2)s1. The van der Waals surface area contributed by atoms with Crippen LogP contribution in [0.5, 0.6) is 0 Å². The summed E-state index contributed by atoms with van der Waals surface area (Å²) in [6.07, 6.45) is 0. The zero-order valence-corrected chi connectivity index (χ0v) is 16.0. The molecule has 0 N–H and O–H groups in total. The van der Waals surface area contributed by atoms with Gasteiger partial charge in [0, 0.05) is 23.2 Å². The monoisotopic (exact) mass is 500 g/mol. The first kappa shape index (κ1) is 14.3. The molecule has 0 bridgehead atoms. The van der Waals surface area contributed by atoms with E-state index in [1.165, 1.54) is 15.3 Å². The smallest absolute Gasteiger partial charge is 0.0750 e. The second-order valence-electron chi connectivity index (χ2n) is 3.63. The predicted octanol–water partition coefficient (Wildman–Crippen LogP) is 6.83.